The molecule has 20 heavy (non-hydrogen) atoms. The molecule has 0 atom stereocenters. The third-order valence-electron chi connectivity index (χ3n) is 2.73. The summed E-state index contributed by atoms with van der Waals surface area (Å²) in [4.78, 5) is 22.3. The topological polar surface area (TPSA) is 84.3 Å². The minimum atomic E-state index is -0.429. The largest absolute Gasteiger partial charge is 0.325 e. The van der Waals surface area contributed by atoms with Crippen molar-refractivity contribution >= 4 is 17.3 Å². The zero-order chi connectivity index (χ0) is 15.3. The van der Waals surface area contributed by atoms with Crippen LogP contribution >= 0.6 is 0 Å². The molecule has 0 saturated heterocycles. The zero-order valence-electron chi connectivity index (χ0n) is 12.3. The maximum absolute atomic E-state index is 11.8. The zero-order valence-corrected chi connectivity index (χ0v) is 12.3. The summed E-state index contributed by atoms with van der Waals surface area (Å²) >= 11 is 0. The van der Waals surface area contributed by atoms with Gasteiger partial charge in [-0.3, -0.25) is 14.9 Å². The third kappa shape index (κ3) is 4.97. The van der Waals surface area contributed by atoms with Gasteiger partial charge in [0.25, 0.3) is 5.69 Å². The van der Waals surface area contributed by atoms with Gasteiger partial charge in [-0.05, 0) is 33.3 Å². The summed E-state index contributed by atoms with van der Waals surface area (Å²) in [7, 11) is 0. The van der Waals surface area contributed by atoms with Crippen molar-refractivity contribution in [3.05, 3.63) is 33.9 Å². The van der Waals surface area contributed by atoms with E-state index in [9.17, 15) is 14.9 Å². The summed E-state index contributed by atoms with van der Waals surface area (Å²) < 4.78 is 0. The molecular weight excluding hydrogens is 258 g/mol. The lowest BCUT2D eigenvalue weighted by molar-refractivity contribution is -0.385. The molecule has 1 aromatic rings. The van der Waals surface area contributed by atoms with Crippen molar-refractivity contribution < 1.29 is 9.72 Å². The predicted molar refractivity (Wildman–Crippen MR) is 78.9 cm³/mol. The van der Waals surface area contributed by atoms with E-state index in [2.05, 4.69) is 10.6 Å². The number of carbonyl (C=O) groups is 1. The van der Waals surface area contributed by atoms with Crippen molar-refractivity contribution in [2.75, 3.05) is 11.9 Å². The minimum absolute atomic E-state index is 0.0362. The number of carbonyl (C=O) groups excluding carboxylic acids is 1. The first kappa shape index (κ1) is 16.1. The summed E-state index contributed by atoms with van der Waals surface area (Å²) in [5.74, 6) is -0.224. The van der Waals surface area contributed by atoms with Crippen molar-refractivity contribution in [3.8, 4) is 0 Å². The lowest BCUT2D eigenvalue weighted by Crippen LogP contribution is -2.41. The Balaban J connectivity index is 2.76. The number of aryl methyl sites for hydroxylation is 1. The maximum atomic E-state index is 11.8. The molecule has 2 N–H and O–H groups in total. The first-order valence-electron chi connectivity index (χ1n) is 6.55. The van der Waals surface area contributed by atoms with E-state index in [1.54, 1.807) is 12.1 Å². The Morgan fingerprint density at radius 3 is 2.50 bits per heavy atom. The average molecular weight is 279 g/mol. The van der Waals surface area contributed by atoms with Crippen LogP contribution in [0.5, 0.6) is 0 Å². The van der Waals surface area contributed by atoms with Crippen LogP contribution in [0.1, 0.15) is 33.3 Å². The summed E-state index contributed by atoms with van der Waals surface area (Å²) in [6, 6.07) is 4.75. The monoisotopic (exact) mass is 279 g/mol. The Bertz CT molecular complexity index is 507. The van der Waals surface area contributed by atoms with Gasteiger partial charge in [-0.25, -0.2) is 0 Å². The van der Waals surface area contributed by atoms with Crippen LogP contribution in [0.15, 0.2) is 18.2 Å². The van der Waals surface area contributed by atoms with E-state index in [0.29, 0.717) is 17.7 Å². The summed E-state index contributed by atoms with van der Waals surface area (Å²) in [6.07, 6.45) is 0.579. The van der Waals surface area contributed by atoms with E-state index in [4.69, 9.17) is 0 Å². The molecular formula is C14H21N3O3. The molecule has 0 heterocycles. The lowest BCUT2D eigenvalue weighted by atomic mass is 10.1. The highest BCUT2D eigenvalue weighted by atomic mass is 16.6. The maximum Gasteiger partial charge on any atom is 0.274 e. The van der Waals surface area contributed by atoms with Gasteiger partial charge in [-0.1, -0.05) is 13.0 Å². The number of nitro groups is 1. The Morgan fingerprint density at radius 1 is 1.35 bits per heavy atom. The van der Waals surface area contributed by atoms with E-state index in [1.165, 1.54) is 6.07 Å². The number of hydrogen-bond donors (Lipinski definition) is 2. The van der Waals surface area contributed by atoms with E-state index >= 15 is 0 Å². The summed E-state index contributed by atoms with van der Waals surface area (Å²) in [6.45, 7) is 7.89. The summed E-state index contributed by atoms with van der Waals surface area (Å²) in [5, 5.41) is 16.7. The quantitative estimate of drug-likeness (QED) is 0.640. The standard InChI is InChI=1S/C14H21N3O3/c1-5-10-6-7-11(8-12(10)17(19)20)16-13(18)9-15-14(2,3)4/h6-8,15H,5,9H2,1-4H3,(H,16,18). The molecule has 110 valence electrons. The Labute approximate surface area is 118 Å². The molecule has 1 rings (SSSR count). The van der Waals surface area contributed by atoms with Gasteiger partial charge in [0.1, 0.15) is 0 Å². The van der Waals surface area contributed by atoms with E-state index in [-0.39, 0.29) is 23.7 Å². The van der Waals surface area contributed by atoms with Gasteiger partial charge >= 0.3 is 0 Å². The highest BCUT2D eigenvalue weighted by molar-refractivity contribution is 5.92. The minimum Gasteiger partial charge on any atom is -0.325 e. The second kappa shape index (κ2) is 6.47. The average Bonchev–Trinajstić information content (AvgIpc) is 2.35. The van der Waals surface area contributed by atoms with Crippen LogP contribution in [0, 0.1) is 10.1 Å². The third-order valence-corrected chi connectivity index (χ3v) is 2.73. The van der Waals surface area contributed by atoms with Crippen LogP contribution in [0.25, 0.3) is 0 Å². The van der Waals surface area contributed by atoms with Crippen LogP contribution in [0.2, 0.25) is 0 Å². The molecule has 6 heteroatoms. The first-order chi connectivity index (χ1) is 9.23. The van der Waals surface area contributed by atoms with Crippen molar-refractivity contribution in [1.82, 2.24) is 5.32 Å². The smallest absolute Gasteiger partial charge is 0.274 e. The molecule has 0 spiro atoms. The van der Waals surface area contributed by atoms with Gasteiger partial charge < -0.3 is 10.6 Å². The van der Waals surface area contributed by atoms with Crippen LogP contribution in [-0.2, 0) is 11.2 Å². The fourth-order valence-corrected chi connectivity index (χ4v) is 1.66. The van der Waals surface area contributed by atoms with Gasteiger partial charge in [0.2, 0.25) is 5.91 Å². The van der Waals surface area contributed by atoms with Crippen LogP contribution in [0.3, 0.4) is 0 Å². The number of rotatable bonds is 5. The molecule has 0 unspecified atom stereocenters. The number of hydrogen-bond acceptors (Lipinski definition) is 4. The molecule has 0 aliphatic carbocycles. The van der Waals surface area contributed by atoms with E-state index < -0.39 is 4.92 Å². The van der Waals surface area contributed by atoms with Crippen LogP contribution in [-0.4, -0.2) is 22.9 Å². The fraction of sp³-hybridized carbons (Fsp3) is 0.500. The number of amides is 1. The molecule has 6 nitrogen and oxygen atoms in total. The van der Waals surface area contributed by atoms with Crippen molar-refractivity contribution in [2.45, 2.75) is 39.7 Å². The molecule has 0 radical (unpaired) electrons. The Hall–Kier alpha value is -1.95. The second-order valence-electron chi connectivity index (χ2n) is 5.61. The van der Waals surface area contributed by atoms with Gasteiger partial charge in [0.05, 0.1) is 11.5 Å². The first-order valence-corrected chi connectivity index (χ1v) is 6.55. The summed E-state index contributed by atoms with van der Waals surface area (Å²) in [5.41, 5.74) is 0.972. The highest BCUT2D eigenvalue weighted by Crippen LogP contribution is 2.23. The number of anilines is 1. The molecule has 0 bridgehead atoms. The molecule has 0 aliphatic heterocycles. The van der Waals surface area contributed by atoms with E-state index in [0.717, 1.165) is 0 Å². The molecule has 0 fully saturated rings. The number of benzene rings is 1. The molecule has 1 amide bonds. The van der Waals surface area contributed by atoms with Crippen molar-refractivity contribution in [2.24, 2.45) is 0 Å². The number of nitro benzene ring substituents is 1. The van der Waals surface area contributed by atoms with Crippen molar-refractivity contribution in [1.29, 1.82) is 0 Å². The van der Waals surface area contributed by atoms with Gasteiger partial charge in [0, 0.05) is 22.9 Å². The Morgan fingerprint density at radius 2 is 2.00 bits per heavy atom. The van der Waals surface area contributed by atoms with Crippen molar-refractivity contribution in [3.63, 3.8) is 0 Å². The predicted octanol–water partition coefficient (Wildman–Crippen LogP) is 2.48. The Kier molecular flexibility index (Phi) is 5.21. The number of nitrogens with one attached hydrogen (secondary N) is 2. The number of nitrogens with zero attached hydrogens (tertiary/aromatic N) is 1. The molecule has 0 aromatic heterocycles. The van der Waals surface area contributed by atoms with Gasteiger partial charge in [-0.15, -0.1) is 0 Å². The highest BCUT2D eigenvalue weighted by Gasteiger charge is 2.15. The SMILES string of the molecule is CCc1ccc(NC(=O)CNC(C)(C)C)cc1[N+](=O)[O-]. The van der Waals surface area contributed by atoms with E-state index in [1.807, 2.05) is 27.7 Å². The van der Waals surface area contributed by atoms with Gasteiger partial charge in [0.15, 0.2) is 0 Å². The normalized spacial score (nSPS) is 11.2. The second-order valence-corrected chi connectivity index (χ2v) is 5.61. The molecule has 1 aromatic carbocycles. The van der Waals surface area contributed by atoms with Gasteiger partial charge in [-0.2, -0.15) is 0 Å². The molecule has 0 saturated carbocycles. The molecule has 0 aliphatic rings. The fourth-order valence-electron chi connectivity index (χ4n) is 1.66. The van der Waals surface area contributed by atoms with Crippen LogP contribution < -0.4 is 10.6 Å². The van der Waals surface area contributed by atoms with Crippen LogP contribution in [0.4, 0.5) is 11.4 Å². The lowest BCUT2D eigenvalue weighted by Gasteiger charge is -2.20.